The number of pyridine rings is 1. The van der Waals surface area contributed by atoms with Crippen LogP contribution in [0.4, 0.5) is 5.69 Å². The molecule has 0 saturated heterocycles. The molecular weight excluding hydrogens is 377 g/mol. The topological polar surface area (TPSA) is 36.6 Å². The number of carbonyl (C=O) groups excluding carboxylic acids is 1. The van der Waals surface area contributed by atoms with Gasteiger partial charge < -0.3 is 22.5 Å². The molecule has 0 radical (unpaired) electrons. The molecule has 0 aliphatic rings. The van der Waals surface area contributed by atoms with Crippen molar-refractivity contribution in [3.05, 3.63) is 58.3 Å². The summed E-state index contributed by atoms with van der Waals surface area (Å²) in [5.41, 5.74) is 1.39. The molecule has 1 unspecified atom stereocenters. The summed E-state index contributed by atoms with van der Waals surface area (Å²) in [7, 11) is 3.90. The standard InChI is InChI=1S/C18H19Cl2N3OS/c1-4-21-18(25)16(23-9-7-13(8-10-23)22(2)3)17(24)14-6-5-12(19)11-15(14)20/h5-11,16H,4H2,1-3H3. The predicted molar refractivity (Wildman–Crippen MR) is 106 cm³/mol. The number of hydrogen-bond acceptors (Lipinski definition) is 4. The van der Waals surface area contributed by atoms with Gasteiger partial charge in [0.2, 0.25) is 11.8 Å². The second-order valence-electron chi connectivity index (χ2n) is 5.60. The van der Waals surface area contributed by atoms with E-state index in [0.29, 0.717) is 27.2 Å². The Balaban J connectivity index is 2.49. The summed E-state index contributed by atoms with van der Waals surface area (Å²) < 4.78 is 1.75. The van der Waals surface area contributed by atoms with Crippen LogP contribution in [-0.4, -0.2) is 31.5 Å². The van der Waals surface area contributed by atoms with Crippen molar-refractivity contribution >= 4 is 52.3 Å². The summed E-state index contributed by atoms with van der Waals surface area (Å²) in [5, 5.41) is 1.09. The number of nitrogens with zero attached hydrogens (tertiary/aromatic N) is 3. The number of aromatic nitrogens is 1. The fourth-order valence-electron chi connectivity index (χ4n) is 2.35. The van der Waals surface area contributed by atoms with Gasteiger partial charge in [-0.15, -0.1) is 0 Å². The van der Waals surface area contributed by atoms with Crippen LogP contribution in [0.15, 0.2) is 47.7 Å². The van der Waals surface area contributed by atoms with Crippen LogP contribution in [0.5, 0.6) is 0 Å². The van der Waals surface area contributed by atoms with Crippen molar-refractivity contribution in [2.75, 3.05) is 25.5 Å². The molecule has 0 saturated carbocycles. The summed E-state index contributed by atoms with van der Waals surface area (Å²) >= 11 is 17.5. The van der Waals surface area contributed by atoms with Crippen LogP contribution >= 0.6 is 23.2 Å². The van der Waals surface area contributed by atoms with Crippen LogP contribution < -0.4 is 9.47 Å². The number of benzene rings is 1. The van der Waals surface area contributed by atoms with E-state index >= 15 is 0 Å². The van der Waals surface area contributed by atoms with Crippen molar-refractivity contribution in [2.24, 2.45) is 4.99 Å². The highest BCUT2D eigenvalue weighted by molar-refractivity contribution is 7.77. The van der Waals surface area contributed by atoms with Gasteiger partial charge in [0.25, 0.3) is 0 Å². The number of aliphatic imine (C=N–C) groups is 1. The fourth-order valence-corrected chi connectivity index (χ4v) is 3.21. The van der Waals surface area contributed by atoms with Gasteiger partial charge in [-0.25, -0.2) is 0 Å². The van der Waals surface area contributed by atoms with Gasteiger partial charge in [0.1, 0.15) is 0 Å². The van der Waals surface area contributed by atoms with Gasteiger partial charge in [0, 0.05) is 49.0 Å². The number of hydrogen-bond donors (Lipinski definition) is 0. The number of carbonyl (C=O) groups is 1. The molecule has 0 aliphatic carbocycles. The molecule has 0 bridgehead atoms. The lowest BCUT2D eigenvalue weighted by molar-refractivity contribution is -0.691. The molecule has 1 atom stereocenters. The summed E-state index contributed by atoms with van der Waals surface area (Å²) in [5.74, 6) is -0.216. The van der Waals surface area contributed by atoms with Crippen molar-refractivity contribution in [3.63, 3.8) is 0 Å². The van der Waals surface area contributed by atoms with Crippen LogP contribution in [0, 0.1) is 0 Å². The number of Topliss-reactive ketones (excluding diaryl/α,β-unsaturated/α-hetero) is 1. The molecular formula is C18H19Cl2N3OS. The van der Waals surface area contributed by atoms with E-state index in [0.717, 1.165) is 5.69 Å². The Labute approximate surface area is 163 Å². The van der Waals surface area contributed by atoms with Crippen LogP contribution in [0.25, 0.3) is 0 Å². The van der Waals surface area contributed by atoms with E-state index in [1.807, 2.05) is 50.4 Å². The van der Waals surface area contributed by atoms with Crippen LogP contribution in [0.1, 0.15) is 23.3 Å². The van der Waals surface area contributed by atoms with Gasteiger partial charge in [-0.05, 0) is 30.2 Å². The van der Waals surface area contributed by atoms with Gasteiger partial charge in [0.05, 0.1) is 5.02 Å². The molecule has 0 aliphatic heterocycles. The van der Waals surface area contributed by atoms with Crippen molar-refractivity contribution in [1.82, 2.24) is 0 Å². The van der Waals surface area contributed by atoms with Crippen LogP contribution in [-0.2, 0) is 12.6 Å². The number of ketones is 1. The van der Waals surface area contributed by atoms with E-state index in [1.54, 1.807) is 22.8 Å². The Morgan fingerprint density at radius 2 is 1.88 bits per heavy atom. The van der Waals surface area contributed by atoms with E-state index in [2.05, 4.69) is 4.99 Å². The normalized spacial score (nSPS) is 12.8. The molecule has 7 heteroatoms. The molecule has 0 N–H and O–H groups in total. The zero-order valence-corrected chi connectivity index (χ0v) is 16.6. The zero-order valence-electron chi connectivity index (χ0n) is 14.2. The van der Waals surface area contributed by atoms with E-state index in [1.165, 1.54) is 0 Å². The molecule has 0 amide bonds. The predicted octanol–water partition coefficient (Wildman–Crippen LogP) is 3.74. The Morgan fingerprint density at radius 3 is 2.40 bits per heavy atom. The SMILES string of the molecule is CCN=C([S-])C(C(=O)c1ccc(Cl)cc1Cl)[n+]1ccc(N(C)C)cc1. The number of anilines is 1. The maximum absolute atomic E-state index is 13.1. The maximum Gasteiger partial charge on any atom is 0.237 e. The Hall–Kier alpha value is -1.69. The molecule has 132 valence electrons. The quantitative estimate of drug-likeness (QED) is 0.245. The summed E-state index contributed by atoms with van der Waals surface area (Å²) in [6.07, 6.45) is 3.64. The molecule has 1 heterocycles. The lowest BCUT2D eigenvalue weighted by Crippen LogP contribution is -2.47. The van der Waals surface area contributed by atoms with Gasteiger partial charge in [-0.2, -0.15) is 4.57 Å². The van der Waals surface area contributed by atoms with Crippen molar-refractivity contribution in [3.8, 4) is 0 Å². The highest BCUT2D eigenvalue weighted by Crippen LogP contribution is 2.24. The zero-order chi connectivity index (χ0) is 18.6. The minimum Gasteiger partial charge on any atom is -0.758 e. The molecule has 0 fully saturated rings. The maximum atomic E-state index is 13.1. The highest BCUT2D eigenvalue weighted by Gasteiger charge is 2.29. The van der Waals surface area contributed by atoms with Crippen molar-refractivity contribution in [1.29, 1.82) is 0 Å². The Bertz CT molecular complexity index is 791. The van der Waals surface area contributed by atoms with E-state index in [-0.39, 0.29) is 5.78 Å². The molecule has 2 rings (SSSR count). The first-order valence-electron chi connectivity index (χ1n) is 7.74. The highest BCUT2D eigenvalue weighted by atomic mass is 35.5. The van der Waals surface area contributed by atoms with Crippen molar-refractivity contribution < 1.29 is 9.36 Å². The van der Waals surface area contributed by atoms with Gasteiger partial charge in [-0.3, -0.25) is 4.79 Å². The average Bonchev–Trinajstić information content (AvgIpc) is 2.55. The molecule has 0 spiro atoms. The molecule has 2 aromatic rings. The average molecular weight is 396 g/mol. The first-order valence-corrected chi connectivity index (χ1v) is 8.90. The van der Waals surface area contributed by atoms with Crippen LogP contribution in [0.3, 0.4) is 0 Å². The van der Waals surface area contributed by atoms with E-state index in [9.17, 15) is 4.79 Å². The third kappa shape index (κ3) is 4.69. The van der Waals surface area contributed by atoms with Gasteiger partial charge in [0.15, 0.2) is 12.4 Å². The smallest absolute Gasteiger partial charge is 0.237 e. The summed E-state index contributed by atoms with van der Waals surface area (Å²) in [6.45, 7) is 2.39. The molecule has 1 aromatic carbocycles. The van der Waals surface area contributed by atoms with E-state index < -0.39 is 6.04 Å². The van der Waals surface area contributed by atoms with Gasteiger partial charge >= 0.3 is 0 Å². The third-order valence-electron chi connectivity index (χ3n) is 3.64. The lowest BCUT2D eigenvalue weighted by Gasteiger charge is -2.19. The largest absolute Gasteiger partial charge is 0.758 e. The summed E-state index contributed by atoms with van der Waals surface area (Å²) in [4.78, 5) is 19.3. The Morgan fingerprint density at radius 1 is 1.24 bits per heavy atom. The molecule has 4 nitrogen and oxygen atoms in total. The monoisotopic (exact) mass is 395 g/mol. The minimum atomic E-state index is -0.732. The molecule has 1 aromatic heterocycles. The third-order valence-corrected chi connectivity index (χ3v) is 4.54. The second kappa shape index (κ2) is 8.61. The van der Waals surface area contributed by atoms with E-state index in [4.69, 9.17) is 35.8 Å². The number of rotatable bonds is 6. The first kappa shape index (κ1) is 19.6. The second-order valence-corrected chi connectivity index (χ2v) is 6.86. The Kier molecular flexibility index (Phi) is 6.76. The van der Waals surface area contributed by atoms with Crippen LogP contribution in [0.2, 0.25) is 10.0 Å². The lowest BCUT2D eigenvalue weighted by atomic mass is 10.0. The fraction of sp³-hybridized carbons (Fsp3) is 0.278. The van der Waals surface area contributed by atoms with Gasteiger partial charge in [-0.1, -0.05) is 23.2 Å². The number of halogens is 2. The van der Waals surface area contributed by atoms with Crippen molar-refractivity contribution in [2.45, 2.75) is 13.0 Å². The minimum absolute atomic E-state index is 0.216. The first-order chi connectivity index (χ1) is 11.8. The molecule has 25 heavy (non-hydrogen) atoms. The summed E-state index contributed by atoms with van der Waals surface area (Å²) in [6, 6.07) is 7.90.